The Balaban J connectivity index is 2.13. The lowest BCUT2D eigenvalue weighted by Crippen LogP contribution is -2.27. The van der Waals surface area contributed by atoms with Crippen LogP contribution in [0.2, 0.25) is 0 Å². The van der Waals surface area contributed by atoms with Crippen molar-refractivity contribution >= 4 is 11.8 Å². The first-order chi connectivity index (χ1) is 9.41. The minimum atomic E-state index is -4.30. The van der Waals surface area contributed by atoms with Gasteiger partial charge in [0.05, 0.1) is 11.7 Å². The molecule has 1 aliphatic rings. The van der Waals surface area contributed by atoms with Crippen LogP contribution in [-0.2, 0) is 6.18 Å². The molecule has 1 saturated heterocycles. The Morgan fingerprint density at radius 3 is 2.50 bits per heavy atom. The number of benzene rings is 1. The summed E-state index contributed by atoms with van der Waals surface area (Å²) in [5, 5.41) is 9.79. The van der Waals surface area contributed by atoms with Gasteiger partial charge in [-0.3, -0.25) is 4.90 Å². The molecule has 112 valence electrons. The van der Waals surface area contributed by atoms with E-state index in [0.29, 0.717) is 13.0 Å². The Labute approximate surface area is 121 Å². The van der Waals surface area contributed by atoms with Crippen molar-refractivity contribution in [2.24, 2.45) is 0 Å². The first kappa shape index (κ1) is 15.7. The zero-order chi connectivity index (χ0) is 14.8. The normalized spacial score (nSPS) is 24.2. The summed E-state index contributed by atoms with van der Waals surface area (Å²) in [5.41, 5.74) is 0.214. The topological polar surface area (TPSA) is 23.5 Å². The van der Waals surface area contributed by atoms with Gasteiger partial charge in [-0.25, -0.2) is 0 Å². The molecule has 0 saturated carbocycles. The highest BCUT2D eigenvalue weighted by Gasteiger charge is 2.33. The Kier molecular flexibility index (Phi) is 4.99. The summed E-state index contributed by atoms with van der Waals surface area (Å²) in [6.45, 7) is 1.43. The summed E-state index contributed by atoms with van der Waals surface area (Å²) in [4.78, 5) is 2.14. The van der Waals surface area contributed by atoms with E-state index in [1.54, 1.807) is 11.8 Å². The van der Waals surface area contributed by atoms with Gasteiger partial charge in [-0.2, -0.15) is 24.9 Å². The van der Waals surface area contributed by atoms with Gasteiger partial charge >= 0.3 is 6.18 Å². The van der Waals surface area contributed by atoms with E-state index in [0.717, 1.165) is 30.0 Å². The monoisotopic (exact) mass is 305 g/mol. The SMILES string of the molecule is CSCCN1C[C@@H](O)C[C@H]1c1ccc(C(F)(F)F)cc1. The average Bonchev–Trinajstić information content (AvgIpc) is 2.76. The van der Waals surface area contributed by atoms with Crippen LogP contribution in [0.1, 0.15) is 23.6 Å². The molecule has 0 unspecified atom stereocenters. The number of thioether (sulfide) groups is 1. The van der Waals surface area contributed by atoms with Gasteiger partial charge in [-0.1, -0.05) is 12.1 Å². The minimum Gasteiger partial charge on any atom is -0.392 e. The van der Waals surface area contributed by atoms with Gasteiger partial charge in [0.1, 0.15) is 0 Å². The quantitative estimate of drug-likeness (QED) is 0.924. The molecule has 6 heteroatoms. The van der Waals surface area contributed by atoms with Crippen LogP contribution in [0.4, 0.5) is 13.2 Å². The number of hydrogen-bond donors (Lipinski definition) is 1. The first-order valence-electron chi connectivity index (χ1n) is 6.50. The highest BCUT2D eigenvalue weighted by Crippen LogP contribution is 2.34. The number of halogens is 3. The zero-order valence-corrected chi connectivity index (χ0v) is 12.0. The van der Waals surface area contributed by atoms with E-state index in [1.165, 1.54) is 12.1 Å². The Morgan fingerprint density at radius 1 is 1.30 bits per heavy atom. The smallest absolute Gasteiger partial charge is 0.392 e. The van der Waals surface area contributed by atoms with Gasteiger partial charge in [0.15, 0.2) is 0 Å². The van der Waals surface area contributed by atoms with Crippen LogP contribution in [0.15, 0.2) is 24.3 Å². The molecule has 1 aromatic carbocycles. The van der Waals surface area contributed by atoms with Crippen LogP contribution in [0, 0.1) is 0 Å². The van der Waals surface area contributed by atoms with Crippen molar-refractivity contribution in [3.63, 3.8) is 0 Å². The van der Waals surface area contributed by atoms with Gasteiger partial charge in [-0.05, 0) is 30.4 Å². The summed E-state index contributed by atoms with van der Waals surface area (Å²) in [7, 11) is 0. The Morgan fingerprint density at radius 2 is 1.95 bits per heavy atom. The second-order valence-electron chi connectivity index (χ2n) is 5.01. The highest BCUT2D eigenvalue weighted by molar-refractivity contribution is 7.98. The molecular formula is C14H18F3NOS. The number of β-amino-alcohol motifs (C(OH)–C–C–N with tert-alkyl or cyclic N) is 1. The molecule has 1 aromatic rings. The van der Waals surface area contributed by atoms with Gasteiger partial charge < -0.3 is 5.11 Å². The number of hydrogen-bond acceptors (Lipinski definition) is 3. The van der Waals surface area contributed by atoms with Crippen molar-refractivity contribution in [3.05, 3.63) is 35.4 Å². The fourth-order valence-electron chi connectivity index (χ4n) is 2.58. The van der Waals surface area contributed by atoms with Gasteiger partial charge in [-0.15, -0.1) is 0 Å². The second-order valence-corrected chi connectivity index (χ2v) is 6.00. The number of aliphatic hydroxyl groups is 1. The fraction of sp³-hybridized carbons (Fsp3) is 0.571. The molecule has 1 N–H and O–H groups in total. The van der Waals surface area contributed by atoms with E-state index >= 15 is 0 Å². The lowest BCUT2D eigenvalue weighted by Gasteiger charge is -2.24. The molecule has 0 aromatic heterocycles. The maximum atomic E-state index is 12.5. The molecule has 2 nitrogen and oxygen atoms in total. The van der Waals surface area contributed by atoms with Crippen LogP contribution in [0.5, 0.6) is 0 Å². The lowest BCUT2D eigenvalue weighted by molar-refractivity contribution is -0.137. The second kappa shape index (κ2) is 6.37. The number of likely N-dealkylation sites (tertiary alicyclic amines) is 1. The van der Waals surface area contributed by atoms with E-state index in [4.69, 9.17) is 0 Å². The predicted molar refractivity (Wildman–Crippen MR) is 74.8 cm³/mol. The van der Waals surface area contributed by atoms with Crippen LogP contribution in [0.25, 0.3) is 0 Å². The number of alkyl halides is 3. The number of nitrogens with zero attached hydrogens (tertiary/aromatic N) is 1. The minimum absolute atomic E-state index is 0.0134. The third-order valence-corrected chi connectivity index (χ3v) is 4.18. The summed E-state index contributed by atoms with van der Waals surface area (Å²) < 4.78 is 37.6. The van der Waals surface area contributed by atoms with Crippen LogP contribution in [0.3, 0.4) is 0 Å². The van der Waals surface area contributed by atoms with Crippen LogP contribution < -0.4 is 0 Å². The molecular weight excluding hydrogens is 287 g/mol. The third kappa shape index (κ3) is 3.68. The van der Waals surface area contributed by atoms with E-state index < -0.39 is 17.8 Å². The molecule has 20 heavy (non-hydrogen) atoms. The maximum Gasteiger partial charge on any atom is 0.416 e. The van der Waals surface area contributed by atoms with Crippen molar-refractivity contribution < 1.29 is 18.3 Å². The van der Waals surface area contributed by atoms with E-state index in [-0.39, 0.29) is 6.04 Å². The largest absolute Gasteiger partial charge is 0.416 e. The number of rotatable bonds is 4. The van der Waals surface area contributed by atoms with Crippen molar-refractivity contribution in [2.45, 2.75) is 24.7 Å². The van der Waals surface area contributed by atoms with Gasteiger partial charge in [0.25, 0.3) is 0 Å². The van der Waals surface area contributed by atoms with Crippen molar-refractivity contribution in [2.75, 3.05) is 25.1 Å². The third-order valence-electron chi connectivity index (χ3n) is 3.59. The lowest BCUT2D eigenvalue weighted by atomic mass is 10.0. The van der Waals surface area contributed by atoms with E-state index in [9.17, 15) is 18.3 Å². The van der Waals surface area contributed by atoms with Crippen molar-refractivity contribution in [1.29, 1.82) is 0 Å². The van der Waals surface area contributed by atoms with Gasteiger partial charge in [0.2, 0.25) is 0 Å². The fourth-order valence-corrected chi connectivity index (χ4v) is 2.99. The van der Waals surface area contributed by atoms with Crippen LogP contribution in [-0.4, -0.2) is 41.2 Å². The van der Waals surface area contributed by atoms with Crippen LogP contribution >= 0.6 is 11.8 Å². The summed E-state index contributed by atoms with van der Waals surface area (Å²) in [5.74, 6) is 0.948. The standard InChI is InChI=1S/C14H18F3NOS/c1-20-7-6-18-9-12(19)8-13(18)10-2-4-11(5-3-10)14(15,16)17/h2-5,12-13,19H,6-9H2,1H3/t12-,13-/m0/s1. The average molecular weight is 305 g/mol. The van der Waals surface area contributed by atoms with E-state index in [2.05, 4.69) is 4.90 Å². The summed E-state index contributed by atoms with van der Waals surface area (Å²) in [6, 6.07) is 5.30. The molecule has 0 amide bonds. The summed E-state index contributed by atoms with van der Waals surface area (Å²) >= 11 is 1.72. The summed E-state index contributed by atoms with van der Waals surface area (Å²) in [6.07, 6.45) is -2.10. The Hall–Kier alpha value is -0.720. The molecule has 0 aliphatic carbocycles. The molecule has 2 rings (SSSR count). The van der Waals surface area contributed by atoms with Gasteiger partial charge in [0, 0.05) is 24.9 Å². The zero-order valence-electron chi connectivity index (χ0n) is 11.2. The molecule has 0 radical (unpaired) electrons. The van der Waals surface area contributed by atoms with Crippen molar-refractivity contribution in [3.8, 4) is 0 Å². The van der Waals surface area contributed by atoms with Crippen molar-refractivity contribution in [1.82, 2.24) is 4.90 Å². The molecule has 1 aliphatic heterocycles. The van der Waals surface area contributed by atoms with E-state index in [1.807, 2.05) is 6.26 Å². The Bertz CT molecular complexity index is 435. The molecule has 0 spiro atoms. The molecule has 2 atom stereocenters. The number of aliphatic hydroxyl groups excluding tert-OH is 1. The molecule has 0 bridgehead atoms. The predicted octanol–water partition coefficient (Wildman–Crippen LogP) is 3.18. The highest BCUT2D eigenvalue weighted by atomic mass is 32.2. The molecule has 1 heterocycles. The first-order valence-corrected chi connectivity index (χ1v) is 7.89. The maximum absolute atomic E-state index is 12.5. The molecule has 1 fully saturated rings.